The monoisotopic (exact) mass is 248 g/mol. The minimum Gasteiger partial charge on any atom is -0.516 e. The number of rotatable bonds is 6. The van der Waals surface area contributed by atoms with E-state index in [2.05, 4.69) is 27.7 Å². The summed E-state index contributed by atoms with van der Waals surface area (Å²) in [5, 5.41) is 0. The van der Waals surface area contributed by atoms with Gasteiger partial charge in [-0.25, -0.2) is 0 Å². The molecule has 0 radical (unpaired) electrons. The molecule has 14 heavy (non-hydrogen) atoms. The van der Waals surface area contributed by atoms with E-state index in [1.807, 2.05) is 0 Å². The molecule has 6 heteroatoms. The SMILES string of the molecule is CC(C)CO[P+]([S-])([S-])OCC(C)C.[Li+]. The van der Waals surface area contributed by atoms with Crippen LogP contribution in [0.25, 0.3) is 0 Å². The van der Waals surface area contributed by atoms with Gasteiger partial charge in [-0.1, -0.05) is 27.7 Å². The molecule has 0 saturated carbocycles. The summed E-state index contributed by atoms with van der Waals surface area (Å²) in [4.78, 5) is 0. The molecule has 0 aliphatic heterocycles. The van der Waals surface area contributed by atoms with Crippen LogP contribution < -0.4 is 18.9 Å². The minimum atomic E-state index is -2.38. The maximum absolute atomic E-state index is 5.36. The zero-order valence-electron chi connectivity index (χ0n) is 9.65. The van der Waals surface area contributed by atoms with E-state index in [1.54, 1.807) is 0 Å². The summed E-state index contributed by atoms with van der Waals surface area (Å²) < 4.78 is 10.7. The molecule has 0 unspecified atom stereocenters. The molecule has 80 valence electrons. The quantitative estimate of drug-likeness (QED) is 0.377. The second-order valence-electron chi connectivity index (χ2n) is 3.83. The molecular formula is C8H18LiO2PS2. The van der Waals surface area contributed by atoms with Crippen molar-refractivity contribution in [3.63, 3.8) is 0 Å². The van der Waals surface area contributed by atoms with Gasteiger partial charge in [0.2, 0.25) is 0 Å². The first kappa shape index (κ1) is 18.0. The summed E-state index contributed by atoms with van der Waals surface area (Å²) in [6.07, 6.45) is -2.38. The summed E-state index contributed by atoms with van der Waals surface area (Å²) in [5.74, 6) is 0.904. The van der Waals surface area contributed by atoms with Crippen molar-refractivity contribution >= 4 is 30.6 Å². The van der Waals surface area contributed by atoms with Crippen LogP contribution in [0.3, 0.4) is 0 Å². The first-order chi connectivity index (χ1) is 5.83. The van der Waals surface area contributed by atoms with E-state index >= 15 is 0 Å². The average molecular weight is 248 g/mol. The molecule has 0 aromatic rings. The van der Waals surface area contributed by atoms with Gasteiger partial charge >= 0.3 is 18.9 Å². The Labute approximate surface area is 111 Å². The van der Waals surface area contributed by atoms with Gasteiger partial charge in [0, 0.05) is 6.12 Å². The van der Waals surface area contributed by atoms with E-state index in [4.69, 9.17) is 33.5 Å². The van der Waals surface area contributed by atoms with Crippen molar-refractivity contribution in [2.45, 2.75) is 27.7 Å². The Morgan fingerprint density at radius 2 is 1.21 bits per heavy atom. The average Bonchev–Trinajstić information content (AvgIpc) is 1.98. The van der Waals surface area contributed by atoms with Crippen molar-refractivity contribution in [2.24, 2.45) is 11.8 Å². The van der Waals surface area contributed by atoms with E-state index in [1.165, 1.54) is 0 Å². The Balaban J connectivity index is 0. The fourth-order valence-electron chi connectivity index (χ4n) is 0.518. The molecule has 0 aliphatic rings. The summed E-state index contributed by atoms with van der Waals surface area (Å²) >= 11 is 10.1. The predicted molar refractivity (Wildman–Crippen MR) is 63.2 cm³/mol. The molecule has 0 atom stereocenters. The van der Waals surface area contributed by atoms with Crippen LogP contribution in [0.4, 0.5) is 0 Å². The van der Waals surface area contributed by atoms with E-state index in [0.717, 1.165) is 0 Å². The summed E-state index contributed by atoms with van der Waals surface area (Å²) in [7, 11) is 0. The third-order valence-electron chi connectivity index (χ3n) is 1.13. The molecule has 2 nitrogen and oxygen atoms in total. The summed E-state index contributed by atoms with van der Waals surface area (Å²) in [6.45, 7) is 9.44. The van der Waals surface area contributed by atoms with Crippen LogP contribution in [0.1, 0.15) is 27.7 Å². The minimum absolute atomic E-state index is 0. The van der Waals surface area contributed by atoms with Gasteiger partial charge in [0.15, 0.2) is 0 Å². The van der Waals surface area contributed by atoms with Gasteiger partial charge in [-0.2, -0.15) is 0 Å². The third-order valence-corrected chi connectivity index (χ3v) is 3.33. The van der Waals surface area contributed by atoms with E-state index in [-0.39, 0.29) is 18.9 Å². The van der Waals surface area contributed by atoms with Gasteiger partial charge in [0.25, 0.3) is 0 Å². The van der Waals surface area contributed by atoms with Crippen LogP contribution in [-0.2, 0) is 33.5 Å². The predicted octanol–water partition coefficient (Wildman–Crippen LogP) is 0.107. The van der Waals surface area contributed by atoms with Crippen molar-refractivity contribution in [1.29, 1.82) is 0 Å². The summed E-state index contributed by atoms with van der Waals surface area (Å²) in [6, 6.07) is 0. The first-order valence-electron chi connectivity index (χ1n) is 4.43. The molecular weight excluding hydrogens is 230 g/mol. The topological polar surface area (TPSA) is 18.5 Å². The van der Waals surface area contributed by atoms with Crippen LogP contribution in [0, 0.1) is 11.8 Å². The Hall–Kier alpha value is 1.65. The van der Waals surface area contributed by atoms with E-state index in [0.29, 0.717) is 25.0 Å². The molecule has 0 saturated heterocycles. The molecule has 0 N–H and O–H groups in total. The molecule has 0 spiro atoms. The maximum Gasteiger partial charge on any atom is 1.00 e. The fraction of sp³-hybridized carbons (Fsp3) is 1.00. The van der Waals surface area contributed by atoms with Gasteiger partial charge in [0.1, 0.15) is 0 Å². The largest absolute Gasteiger partial charge is 1.00 e. The normalized spacial score (nSPS) is 12.0. The summed E-state index contributed by atoms with van der Waals surface area (Å²) in [5.41, 5.74) is 0. The van der Waals surface area contributed by atoms with E-state index < -0.39 is 6.12 Å². The van der Waals surface area contributed by atoms with Gasteiger partial charge in [-0.3, -0.25) is 9.05 Å². The second kappa shape index (κ2) is 8.76. The Morgan fingerprint density at radius 3 is 1.43 bits per heavy atom. The first-order valence-corrected chi connectivity index (χ1v) is 8.09. The van der Waals surface area contributed by atoms with Gasteiger partial charge < -0.3 is 24.5 Å². The van der Waals surface area contributed by atoms with Crippen LogP contribution >= 0.6 is 6.12 Å². The number of hydrogen-bond acceptors (Lipinski definition) is 4. The van der Waals surface area contributed by atoms with Gasteiger partial charge in [0.05, 0.1) is 13.2 Å². The molecule has 0 aromatic heterocycles. The zero-order valence-corrected chi connectivity index (χ0v) is 12.2. The van der Waals surface area contributed by atoms with Crippen molar-refractivity contribution in [2.75, 3.05) is 13.2 Å². The van der Waals surface area contributed by atoms with Crippen LogP contribution in [-0.4, -0.2) is 13.2 Å². The smallest absolute Gasteiger partial charge is 0.516 e. The van der Waals surface area contributed by atoms with Crippen LogP contribution in [0.2, 0.25) is 0 Å². The van der Waals surface area contributed by atoms with Gasteiger partial charge in [-0.05, 0) is 11.8 Å². The van der Waals surface area contributed by atoms with Crippen molar-refractivity contribution < 1.29 is 27.9 Å². The van der Waals surface area contributed by atoms with Crippen molar-refractivity contribution in [3.8, 4) is 0 Å². The molecule has 0 heterocycles. The third kappa shape index (κ3) is 11.7. The van der Waals surface area contributed by atoms with Crippen molar-refractivity contribution in [3.05, 3.63) is 0 Å². The molecule has 0 fully saturated rings. The maximum atomic E-state index is 5.36. The Bertz CT molecular complexity index is 131. The fourth-order valence-corrected chi connectivity index (χ4v) is 2.28. The molecule has 0 bridgehead atoms. The van der Waals surface area contributed by atoms with Crippen LogP contribution in [0.5, 0.6) is 0 Å². The van der Waals surface area contributed by atoms with Crippen LogP contribution in [0.15, 0.2) is 0 Å². The Kier molecular flexibility index (Phi) is 11.3. The molecule has 0 rings (SSSR count). The van der Waals surface area contributed by atoms with Crippen molar-refractivity contribution in [1.82, 2.24) is 0 Å². The van der Waals surface area contributed by atoms with Gasteiger partial charge in [-0.15, -0.1) is 0 Å². The molecule has 0 aliphatic carbocycles. The Morgan fingerprint density at radius 1 is 0.929 bits per heavy atom. The molecule has 0 aromatic carbocycles. The number of hydrogen-bond donors (Lipinski definition) is 0. The second-order valence-corrected chi connectivity index (χ2v) is 8.81. The zero-order chi connectivity index (χ0) is 10.5. The molecule has 0 amide bonds. The standard InChI is InChI=1S/C8H19O2PS2.Li/c1-7(2)5-9-11(12,13)10-6-8(3)4;/h7-8H,5-6H2,1-4H3,(H,12,13);/q;+1/p-1. The van der Waals surface area contributed by atoms with E-state index in [9.17, 15) is 0 Å².